The Balaban J connectivity index is 3.48. The van der Waals surface area contributed by atoms with Gasteiger partial charge >= 0.3 is 5.97 Å². The van der Waals surface area contributed by atoms with Crippen LogP contribution in [0.1, 0.15) is 20.3 Å². The van der Waals surface area contributed by atoms with Crippen LogP contribution in [0, 0.1) is 0 Å². The fourth-order valence-electron chi connectivity index (χ4n) is 0.687. The molecule has 0 aliphatic heterocycles. The van der Waals surface area contributed by atoms with Crippen molar-refractivity contribution < 1.29 is 19.1 Å². The van der Waals surface area contributed by atoms with E-state index < -0.39 is 0 Å². The van der Waals surface area contributed by atoms with Crippen LogP contribution in [0.25, 0.3) is 0 Å². The first-order valence-electron chi connectivity index (χ1n) is 4.01. The van der Waals surface area contributed by atoms with Crippen LogP contribution in [-0.2, 0) is 19.1 Å². The van der Waals surface area contributed by atoms with E-state index in [2.05, 4.69) is 4.74 Å². The molecule has 0 aromatic rings. The van der Waals surface area contributed by atoms with E-state index in [-0.39, 0.29) is 12.6 Å². The van der Waals surface area contributed by atoms with E-state index in [1.54, 1.807) is 6.08 Å². The van der Waals surface area contributed by atoms with Crippen LogP contribution >= 0.6 is 0 Å². The molecular formula is C9H14O4. The van der Waals surface area contributed by atoms with Crippen molar-refractivity contribution >= 4 is 12.4 Å². The average molecular weight is 186 g/mol. The summed E-state index contributed by atoms with van der Waals surface area (Å²) in [7, 11) is 0. The first-order valence-corrected chi connectivity index (χ1v) is 4.01. The molecule has 0 aliphatic carbocycles. The minimum absolute atomic E-state index is 0.273. The Kier molecular flexibility index (Phi) is 6.59. The van der Waals surface area contributed by atoms with Gasteiger partial charge in [0.2, 0.25) is 0 Å². The van der Waals surface area contributed by atoms with Gasteiger partial charge in [-0.1, -0.05) is 5.57 Å². The summed E-state index contributed by atoms with van der Waals surface area (Å²) in [5, 5.41) is 0. The van der Waals surface area contributed by atoms with Gasteiger partial charge in [-0.25, -0.2) is 0 Å². The van der Waals surface area contributed by atoms with Crippen molar-refractivity contribution in [1.82, 2.24) is 0 Å². The Bertz CT molecular complexity index is 196. The Morgan fingerprint density at radius 1 is 1.38 bits per heavy atom. The SMILES string of the molecule is CC(=O)OCC/C(C)=C/COC=O. The fraction of sp³-hybridized carbons (Fsp3) is 0.556. The summed E-state index contributed by atoms with van der Waals surface area (Å²) in [6.45, 7) is 4.30. The van der Waals surface area contributed by atoms with E-state index in [1.807, 2.05) is 6.92 Å². The fourth-order valence-corrected chi connectivity index (χ4v) is 0.687. The number of rotatable bonds is 6. The predicted molar refractivity (Wildman–Crippen MR) is 47.0 cm³/mol. The van der Waals surface area contributed by atoms with Gasteiger partial charge in [-0.2, -0.15) is 0 Å². The molecule has 74 valence electrons. The molecule has 0 unspecified atom stereocenters. The number of carbonyl (C=O) groups is 2. The van der Waals surface area contributed by atoms with Crippen molar-refractivity contribution in [3.05, 3.63) is 11.6 Å². The molecule has 0 heterocycles. The van der Waals surface area contributed by atoms with Crippen LogP contribution in [-0.4, -0.2) is 25.7 Å². The van der Waals surface area contributed by atoms with Gasteiger partial charge in [0.1, 0.15) is 6.61 Å². The van der Waals surface area contributed by atoms with Gasteiger partial charge < -0.3 is 9.47 Å². The minimum Gasteiger partial charge on any atom is -0.466 e. The summed E-state index contributed by atoms with van der Waals surface area (Å²) in [6.07, 6.45) is 2.44. The zero-order valence-electron chi connectivity index (χ0n) is 7.91. The molecule has 0 radical (unpaired) electrons. The van der Waals surface area contributed by atoms with Crippen LogP contribution in [0.3, 0.4) is 0 Å². The molecule has 13 heavy (non-hydrogen) atoms. The van der Waals surface area contributed by atoms with Gasteiger partial charge in [-0.15, -0.1) is 0 Å². The summed E-state index contributed by atoms with van der Waals surface area (Å²) < 4.78 is 9.20. The molecule has 0 saturated heterocycles. The van der Waals surface area contributed by atoms with Crippen molar-refractivity contribution in [3.8, 4) is 0 Å². The normalized spacial score (nSPS) is 10.8. The topological polar surface area (TPSA) is 52.6 Å². The molecule has 0 spiro atoms. The molecule has 4 nitrogen and oxygen atoms in total. The maximum atomic E-state index is 10.4. The highest BCUT2D eigenvalue weighted by Crippen LogP contribution is 1.99. The second kappa shape index (κ2) is 7.34. The number of esters is 1. The summed E-state index contributed by atoms with van der Waals surface area (Å²) in [5.41, 5.74) is 1.03. The van der Waals surface area contributed by atoms with Crippen LogP contribution in [0.2, 0.25) is 0 Å². The molecule has 0 aromatic carbocycles. The third kappa shape index (κ3) is 8.59. The van der Waals surface area contributed by atoms with E-state index in [9.17, 15) is 9.59 Å². The number of carbonyl (C=O) groups excluding carboxylic acids is 2. The Morgan fingerprint density at radius 3 is 2.62 bits per heavy atom. The van der Waals surface area contributed by atoms with Crippen LogP contribution in [0.15, 0.2) is 11.6 Å². The lowest BCUT2D eigenvalue weighted by atomic mass is 10.2. The molecule has 0 amide bonds. The molecule has 0 aliphatic rings. The first-order chi connectivity index (χ1) is 6.16. The highest BCUT2D eigenvalue weighted by Gasteiger charge is 1.93. The second-order valence-electron chi connectivity index (χ2n) is 2.57. The molecule has 0 fully saturated rings. The largest absolute Gasteiger partial charge is 0.466 e. The maximum absolute atomic E-state index is 10.4. The quantitative estimate of drug-likeness (QED) is 0.269. The standard InChI is InChI=1S/C9H14O4/c1-8(3-5-12-7-10)4-6-13-9(2)11/h3,7H,4-6H2,1-2H3/b8-3+. The van der Waals surface area contributed by atoms with Gasteiger partial charge in [-0.3, -0.25) is 9.59 Å². The molecule has 0 aromatic heterocycles. The van der Waals surface area contributed by atoms with E-state index in [4.69, 9.17) is 4.74 Å². The van der Waals surface area contributed by atoms with E-state index in [1.165, 1.54) is 6.92 Å². The molecular weight excluding hydrogens is 172 g/mol. The number of hydrogen-bond acceptors (Lipinski definition) is 4. The van der Waals surface area contributed by atoms with Crippen molar-refractivity contribution in [2.45, 2.75) is 20.3 Å². The van der Waals surface area contributed by atoms with Gasteiger partial charge in [-0.05, 0) is 13.0 Å². The lowest BCUT2D eigenvalue weighted by molar-refractivity contribution is -0.140. The predicted octanol–water partition coefficient (Wildman–Crippen LogP) is 1.06. The van der Waals surface area contributed by atoms with Gasteiger partial charge in [0.15, 0.2) is 0 Å². The van der Waals surface area contributed by atoms with Crippen LogP contribution in [0.5, 0.6) is 0 Å². The lowest BCUT2D eigenvalue weighted by Crippen LogP contribution is -2.01. The van der Waals surface area contributed by atoms with Crippen LogP contribution in [0.4, 0.5) is 0 Å². The van der Waals surface area contributed by atoms with Crippen molar-refractivity contribution in [1.29, 1.82) is 0 Å². The molecule has 0 saturated carbocycles. The Labute approximate surface area is 77.5 Å². The van der Waals surface area contributed by atoms with E-state index in [0.717, 1.165) is 5.57 Å². The van der Waals surface area contributed by atoms with Crippen LogP contribution < -0.4 is 0 Å². The highest BCUT2D eigenvalue weighted by molar-refractivity contribution is 5.65. The zero-order valence-corrected chi connectivity index (χ0v) is 7.91. The third-order valence-electron chi connectivity index (χ3n) is 1.40. The number of hydrogen-bond donors (Lipinski definition) is 0. The van der Waals surface area contributed by atoms with Crippen molar-refractivity contribution in [3.63, 3.8) is 0 Å². The molecule has 0 bridgehead atoms. The molecule has 4 heteroatoms. The van der Waals surface area contributed by atoms with E-state index in [0.29, 0.717) is 19.5 Å². The summed E-state index contributed by atoms with van der Waals surface area (Å²) in [4.78, 5) is 20.1. The zero-order chi connectivity index (χ0) is 10.1. The monoisotopic (exact) mass is 186 g/mol. The summed E-state index contributed by atoms with van der Waals surface area (Å²) in [5.74, 6) is -0.281. The molecule has 0 rings (SSSR count). The molecule has 0 N–H and O–H groups in total. The van der Waals surface area contributed by atoms with Gasteiger partial charge in [0.25, 0.3) is 6.47 Å². The lowest BCUT2D eigenvalue weighted by Gasteiger charge is -2.01. The molecule has 0 atom stereocenters. The first kappa shape index (κ1) is 11.7. The van der Waals surface area contributed by atoms with Crippen molar-refractivity contribution in [2.24, 2.45) is 0 Å². The van der Waals surface area contributed by atoms with Crippen molar-refractivity contribution in [2.75, 3.05) is 13.2 Å². The summed E-state index contributed by atoms with van der Waals surface area (Å²) in [6, 6.07) is 0. The smallest absolute Gasteiger partial charge is 0.302 e. The highest BCUT2D eigenvalue weighted by atomic mass is 16.5. The maximum Gasteiger partial charge on any atom is 0.302 e. The average Bonchev–Trinajstić information content (AvgIpc) is 2.04. The van der Waals surface area contributed by atoms with Gasteiger partial charge in [0.05, 0.1) is 6.61 Å². The van der Waals surface area contributed by atoms with Gasteiger partial charge in [0, 0.05) is 13.3 Å². The third-order valence-corrected chi connectivity index (χ3v) is 1.40. The summed E-state index contributed by atoms with van der Waals surface area (Å²) >= 11 is 0. The second-order valence-corrected chi connectivity index (χ2v) is 2.57. The number of ether oxygens (including phenoxy) is 2. The van der Waals surface area contributed by atoms with E-state index >= 15 is 0 Å². The Morgan fingerprint density at radius 2 is 2.08 bits per heavy atom. The minimum atomic E-state index is -0.281. The Hall–Kier alpha value is -1.32.